The maximum absolute atomic E-state index is 11.2. The van der Waals surface area contributed by atoms with Crippen LogP contribution in [-0.4, -0.2) is 52.6 Å². The van der Waals surface area contributed by atoms with Crippen LogP contribution >= 0.6 is 0 Å². The van der Waals surface area contributed by atoms with Crippen LogP contribution in [0.2, 0.25) is 0 Å². The fourth-order valence-corrected chi connectivity index (χ4v) is 1.04. The van der Waals surface area contributed by atoms with Gasteiger partial charge in [0.05, 0.1) is 19.8 Å². The summed E-state index contributed by atoms with van der Waals surface area (Å²) >= 11 is 0. The van der Waals surface area contributed by atoms with Crippen molar-refractivity contribution in [2.45, 2.75) is 13.3 Å². The third-order valence-electron chi connectivity index (χ3n) is 1.88. The van der Waals surface area contributed by atoms with Gasteiger partial charge >= 0.3 is 5.97 Å². The van der Waals surface area contributed by atoms with E-state index in [1.165, 1.54) is 0 Å². The quantitative estimate of drug-likeness (QED) is 0.243. The average Bonchev–Trinajstić information content (AvgIpc) is 2.41. The van der Waals surface area contributed by atoms with Gasteiger partial charge in [0, 0.05) is 26.1 Å². The zero-order chi connectivity index (χ0) is 14.2. The van der Waals surface area contributed by atoms with Gasteiger partial charge in [-0.2, -0.15) is 0 Å². The highest BCUT2D eigenvalue weighted by atomic mass is 16.6. The van der Waals surface area contributed by atoms with Crippen LogP contribution in [0.4, 0.5) is 0 Å². The number of carbonyl (C=O) groups is 1. The Morgan fingerprint density at radius 2 is 1.74 bits per heavy atom. The van der Waals surface area contributed by atoms with Crippen LogP contribution in [0.5, 0.6) is 0 Å². The van der Waals surface area contributed by atoms with Crippen LogP contribution in [0.3, 0.4) is 0 Å². The summed E-state index contributed by atoms with van der Waals surface area (Å²) in [5.74, 6) is -0.337. The third-order valence-corrected chi connectivity index (χ3v) is 1.88. The van der Waals surface area contributed by atoms with Crippen molar-refractivity contribution < 1.29 is 19.0 Å². The highest BCUT2D eigenvalue weighted by molar-refractivity contribution is 5.71. The summed E-state index contributed by atoms with van der Waals surface area (Å²) in [6.45, 7) is 4.62. The molecular weight excluding hydrogens is 250 g/mol. The first-order valence-corrected chi connectivity index (χ1v) is 6.43. The summed E-state index contributed by atoms with van der Waals surface area (Å²) in [4.78, 5) is 11.2. The molecule has 0 aliphatic carbocycles. The second-order valence-corrected chi connectivity index (χ2v) is 3.57. The first kappa shape index (κ1) is 17.7. The topological polar surface area (TPSA) is 80.9 Å². The number of hydrogen-bond acceptors (Lipinski definition) is 7. The van der Waals surface area contributed by atoms with Gasteiger partial charge in [-0.1, -0.05) is 6.92 Å². The minimum absolute atomic E-state index is 0.0909. The lowest BCUT2D eigenvalue weighted by molar-refractivity contribution is -0.144. The van der Waals surface area contributed by atoms with Crippen LogP contribution < -0.4 is 16.2 Å². The van der Waals surface area contributed by atoms with E-state index in [0.29, 0.717) is 19.8 Å². The van der Waals surface area contributed by atoms with E-state index < -0.39 is 0 Å². The molecular formula is C12H25N3O4. The Labute approximate surface area is 114 Å². The Bertz CT molecular complexity index is 237. The standard InChI is InChI=1S/C12H25N3O4/c1-3-6-17-7-8-18-9-10-19-12(16)11-15-14-5-4-13-2/h4-5,13-15H,3,6-11H2,1-2H3/b5-4-. The van der Waals surface area contributed by atoms with Crippen LogP contribution in [0, 0.1) is 0 Å². The molecule has 0 amide bonds. The SMILES string of the molecule is CCCOCCOCCOC(=O)CNN/C=C\NC. The van der Waals surface area contributed by atoms with Gasteiger partial charge in [0.15, 0.2) is 0 Å². The number of ether oxygens (including phenoxy) is 3. The van der Waals surface area contributed by atoms with E-state index in [1.807, 2.05) is 0 Å². The van der Waals surface area contributed by atoms with Gasteiger partial charge in [0.2, 0.25) is 0 Å². The minimum atomic E-state index is -0.337. The van der Waals surface area contributed by atoms with E-state index in [2.05, 4.69) is 23.1 Å². The van der Waals surface area contributed by atoms with E-state index in [4.69, 9.17) is 14.2 Å². The molecule has 0 aromatic rings. The van der Waals surface area contributed by atoms with Crippen LogP contribution in [0.15, 0.2) is 12.4 Å². The van der Waals surface area contributed by atoms with Gasteiger partial charge in [-0.05, 0) is 6.42 Å². The molecule has 7 nitrogen and oxygen atoms in total. The van der Waals surface area contributed by atoms with Gasteiger partial charge in [0.25, 0.3) is 0 Å². The second-order valence-electron chi connectivity index (χ2n) is 3.57. The number of nitrogens with one attached hydrogen (secondary N) is 3. The second kappa shape index (κ2) is 14.7. The largest absolute Gasteiger partial charge is 0.462 e. The van der Waals surface area contributed by atoms with Crippen LogP contribution in [0.1, 0.15) is 13.3 Å². The molecule has 0 bridgehead atoms. The molecule has 7 heteroatoms. The summed E-state index contributed by atoms with van der Waals surface area (Å²) in [7, 11) is 1.78. The van der Waals surface area contributed by atoms with E-state index in [0.717, 1.165) is 13.0 Å². The molecule has 0 aromatic heterocycles. The summed E-state index contributed by atoms with van der Waals surface area (Å²) in [5, 5.41) is 2.80. The zero-order valence-electron chi connectivity index (χ0n) is 11.7. The molecule has 0 saturated carbocycles. The Morgan fingerprint density at radius 1 is 1.05 bits per heavy atom. The highest BCUT2D eigenvalue weighted by Gasteiger charge is 2.00. The van der Waals surface area contributed by atoms with E-state index in [-0.39, 0.29) is 19.1 Å². The van der Waals surface area contributed by atoms with Crippen molar-refractivity contribution >= 4 is 5.97 Å². The number of hydrazine groups is 1. The lowest BCUT2D eigenvalue weighted by Crippen LogP contribution is -2.34. The lowest BCUT2D eigenvalue weighted by Gasteiger charge is -2.07. The Balaban J connectivity index is 3.18. The van der Waals surface area contributed by atoms with Crippen molar-refractivity contribution in [3.8, 4) is 0 Å². The summed E-state index contributed by atoms with van der Waals surface area (Å²) < 4.78 is 15.4. The van der Waals surface area contributed by atoms with Crippen LogP contribution in [-0.2, 0) is 19.0 Å². The molecule has 0 heterocycles. The van der Waals surface area contributed by atoms with Crippen molar-refractivity contribution in [2.75, 3.05) is 46.6 Å². The van der Waals surface area contributed by atoms with Crippen molar-refractivity contribution in [1.29, 1.82) is 0 Å². The molecule has 0 saturated heterocycles. The normalized spacial score (nSPS) is 10.6. The zero-order valence-corrected chi connectivity index (χ0v) is 11.7. The maximum Gasteiger partial charge on any atom is 0.321 e. The maximum atomic E-state index is 11.2. The molecule has 0 aliphatic heterocycles. The molecule has 0 aromatic carbocycles. The third kappa shape index (κ3) is 14.6. The molecule has 0 atom stereocenters. The summed E-state index contributed by atoms with van der Waals surface area (Å²) in [6, 6.07) is 0. The Morgan fingerprint density at radius 3 is 2.42 bits per heavy atom. The van der Waals surface area contributed by atoms with E-state index >= 15 is 0 Å². The molecule has 0 fully saturated rings. The van der Waals surface area contributed by atoms with Crippen molar-refractivity contribution in [2.24, 2.45) is 0 Å². The fourth-order valence-electron chi connectivity index (χ4n) is 1.04. The monoisotopic (exact) mass is 275 g/mol. The van der Waals surface area contributed by atoms with Gasteiger partial charge in [0.1, 0.15) is 13.2 Å². The first-order valence-electron chi connectivity index (χ1n) is 6.43. The van der Waals surface area contributed by atoms with Gasteiger partial charge in [-0.25, -0.2) is 5.43 Å². The molecule has 0 spiro atoms. The first-order chi connectivity index (χ1) is 9.31. The molecule has 0 rings (SSSR count). The van der Waals surface area contributed by atoms with Crippen molar-refractivity contribution in [3.05, 3.63) is 12.4 Å². The molecule has 0 aliphatic rings. The lowest BCUT2D eigenvalue weighted by atomic mass is 10.5. The summed E-state index contributed by atoms with van der Waals surface area (Å²) in [5.41, 5.74) is 5.39. The highest BCUT2D eigenvalue weighted by Crippen LogP contribution is 1.83. The summed E-state index contributed by atoms with van der Waals surface area (Å²) in [6.07, 6.45) is 4.32. The van der Waals surface area contributed by atoms with Gasteiger partial charge < -0.3 is 25.0 Å². The smallest absolute Gasteiger partial charge is 0.321 e. The number of rotatable bonds is 13. The molecule has 0 unspecified atom stereocenters. The number of esters is 1. The Hall–Kier alpha value is -1.31. The molecule has 0 radical (unpaired) electrons. The average molecular weight is 275 g/mol. The van der Waals surface area contributed by atoms with E-state index in [1.54, 1.807) is 19.4 Å². The molecule has 3 N–H and O–H groups in total. The molecule has 112 valence electrons. The predicted octanol–water partition coefficient (Wildman–Crippen LogP) is -0.242. The van der Waals surface area contributed by atoms with E-state index in [9.17, 15) is 4.79 Å². The van der Waals surface area contributed by atoms with Gasteiger partial charge in [-0.3, -0.25) is 4.79 Å². The number of hydrogen-bond donors (Lipinski definition) is 3. The Kier molecular flexibility index (Phi) is 13.7. The van der Waals surface area contributed by atoms with Crippen molar-refractivity contribution in [3.63, 3.8) is 0 Å². The predicted molar refractivity (Wildman–Crippen MR) is 72.2 cm³/mol. The van der Waals surface area contributed by atoms with Crippen molar-refractivity contribution in [1.82, 2.24) is 16.2 Å². The minimum Gasteiger partial charge on any atom is -0.462 e. The fraction of sp³-hybridized carbons (Fsp3) is 0.750. The molecule has 19 heavy (non-hydrogen) atoms. The van der Waals surface area contributed by atoms with Gasteiger partial charge in [-0.15, -0.1) is 0 Å². The van der Waals surface area contributed by atoms with Crippen LogP contribution in [0.25, 0.3) is 0 Å². The number of carbonyl (C=O) groups excluding carboxylic acids is 1.